The molecule has 38 heavy (non-hydrogen) atoms. The van der Waals surface area contributed by atoms with E-state index in [1.807, 2.05) is 18.2 Å². The molecule has 0 spiro atoms. The molecule has 2 aromatic carbocycles. The van der Waals surface area contributed by atoms with E-state index in [4.69, 9.17) is 13.9 Å². The van der Waals surface area contributed by atoms with Gasteiger partial charge in [0.1, 0.15) is 5.58 Å². The van der Waals surface area contributed by atoms with Crippen LogP contribution in [0, 0.1) is 0 Å². The monoisotopic (exact) mass is 584 g/mol. The third-order valence-corrected chi connectivity index (χ3v) is 7.73. The fraction of sp³-hybridized carbons (Fsp3) is 0.467. The van der Waals surface area contributed by atoms with Crippen LogP contribution in [0.5, 0.6) is 11.5 Å². The number of hydrogen-bond acceptors (Lipinski definition) is 6. The van der Waals surface area contributed by atoms with Crippen molar-refractivity contribution >= 4 is 32.8 Å². The predicted molar refractivity (Wildman–Crippen MR) is 153 cm³/mol. The van der Waals surface area contributed by atoms with E-state index in [9.17, 15) is 9.59 Å². The molecule has 0 saturated carbocycles. The van der Waals surface area contributed by atoms with Crippen LogP contribution in [0.25, 0.3) is 11.0 Å². The number of methoxy groups -OCH3 is 1. The van der Waals surface area contributed by atoms with E-state index in [1.54, 1.807) is 30.2 Å². The Morgan fingerprint density at radius 1 is 1.00 bits per heavy atom. The lowest BCUT2D eigenvalue weighted by Crippen LogP contribution is -2.37. The molecule has 0 aliphatic carbocycles. The summed E-state index contributed by atoms with van der Waals surface area (Å²) in [6.45, 7) is 9.91. The van der Waals surface area contributed by atoms with Crippen LogP contribution in [0.15, 0.2) is 50.1 Å². The van der Waals surface area contributed by atoms with Crippen LogP contribution in [0.2, 0.25) is 0 Å². The summed E-state index contributed by atoms with van der Waals surface area (Å²) in [5.74, 6) is 1.08. The Labute approximate surface area is 232 Å². The number of ether oxygens (including phenoxy) is 2. The summed E-state index contributed by atoms with van der Waals surface area (Å²) in [7, 11) is 1.61. The molecule has 8 heteroatoms. The second-order valence-electron chi connectivity index (χ2n) is 9.56. The van der Waals surface area contributed by atoms with Gasteiger partial charge in [0.05, 0.1) is 30.7 Å². The van der Waals surface area contributed by atoms with Crippen molar-refractivity contribution in [3.63, 3.8) is 0 Å². The SMILES string of the molecule is CCCCCCOc1ccc(C2c3c(oc4ccc(Br)cc4c3=O)C(=O)N2CCN(CC)CC)cc1OC. The van der Waals surface area contributed by atoms with E-state index < -0.39 is 6.04 Å². The topological polar surface area (TPSA) is 72.2 Å². The standard InChI is InChI=1S/C30H37BrN2O5/c1-5-8-9-10-17-37-24-13-11-20(18-25(24)36-4)27-26-28(34)22-19-21(31)12-14-23(22)38-29(26)30(35)33(27)16-15-32(6-2)7-3/h11-14,18-19,27H,5-10,15-17H2,1-4H3. The first-order valence-corrected chi connectivity index (χ1v) is 14.3. The average molecular weight is 586 g/mol. The molecule has 1 aromatic heterocycles. The molecule has 0 fully saturated rings. The van der Waals surface area contributed by atoms with Gasteiger partial charge in [0.15, 0.2) is 16.9 Å². The molecule has 0 radical (unpaired) electrons. The minimum Gasteiger partial charge on any atom is -0.493 e. The Morgan fingerprint density at radius 3 is 2.50 bits per heavy atom. The minimum absolute atomic E-state index is 0.115. The van der Waals surface area contributed by atoms with E-state index in [0.717, 1.165) is 36.0 Å². The van der Waals surface area contributed by atoms with Gasteiger partial charge in [-0.25, -0.2) is 0 Å². The molecule has 2 heterocycles. The van der Waals surface area contributed by atoms with E-state index >= 15 is 0 Å². The van der Waals surface area contributed by atoms with Crippen LogP contribution >= 0.6 is 15.9 Å². The van der Waals surface area contributed by atoms with Crippen molar-refractivity contribution in [3.8, 4) is 11.5 Å². The van der Waals surface area contributed by atoms with Gasteiger partial charge in [-0.1, -0.05) is 62.0 Å². The van der Waals surface area contributed by atoms with Gasteiger partial charge in [0.2, 0.25) is 5.76 Å². The second kappa shape index (κ2) is 12.8. The maximum absolute atomic E-state index is 13.8. The van der Waals surface area contributed by atoms with Gasteiger partial charge in [-0.2, -0.15) is 0 Å². The molecule has 1 unspecified atom stereocenters. The summed E-state index contributed by atoms with van der Waals surface area (Å²) >= 11 is 3.45. The third kappa shape index (κ3) is 5.76. The van der Waals surface area contributed by atoms with E-state index in [2.05, 4.69) is 41.6 Å². The van der Waals surface area contributed by atoms with Crippen LogP contribution in [0.1, 0.15) is 74.2 Å². The largest absolute Gasteiger partial charge is 0.493 e. The fourth-order valence-electron chi connectivity index (χ4n) is 5.04. The van der Waals surface area contributed by atoms with E-state index in [-0.39, 0.29) is 17.1 Å². The number of amides is 1. The summed E-state index contributed by atoms with van der Waals surface area (Å²) in [6.07, 6.45) is 4.46. The first kappa shape index (κ1) is 28.2. The van der Waals surface area contributed by atoms with Crippen molar-refractivity contribution in [2.24, 2.45) is 0 Å². The van der Waals surface area contributed by atoms with Crippen LogP contribution in [-0.2, 0) is 0 Å². The lowest BCUT2D eigenvalue weighted by atomic mass is 9.98. The van der Waals surface area contributed by atoms with E-state index in [1.165, 1.54) is 12.8 Å². The summed E-state index contributed by atoms with van der Waals surface area (Å²) in [5, 5.41) is 0.445. The van der Waals surface area contributed by atoms with Crippen molar-refractivity contribution < 1.29 is 18.7 Å². The number of unbranched alkanes of at least 4 members (excludes halogenated alkanes) is 3. The van der Waals surface area contributed by atoms with Crippen molar-refractivity contribution in [2.75, 3.05) is 39.9 Å². The highest BCUT2D eigenvalue weighted by Gasteiger charge is 2.43. The fourth-order valence-corrected chi connectivity index (χ4v) is 5.40. The molecule has 1 aliphatic heterocycles. The Balaban J connectivity index is 1.75. The van der Waals surface area contributed by atoms with Gasteiger partial charge >= 0.3 is 0 Å². The van der Waals surface area contributed by atoms with Crippen molar-refractivity contribution in [1.29, 1.82) is 0 Å². The molecule has 0 saturated heterocycles. The number of halogens is 1. The molecule has 3 aromatic rings. The Bertz CT molecular complexity index is 1330. The van der Waals surface area contributed by atoms with Gasteiger partial charge in [-0.05, 0) is 55.4 Å². The number of carbonyl (C=O) groups excluding carboxylic acids is 1. The Kier molecular flexibility index (Phi) is 9.49. The van der Waals surface area contributed by atoms with Crippen molar-refractivity contribution in [3.05, 3.63) is 68.0 Å². The van der Waals surface area contributed by atoms with Crippen LogP contribution < -0.4 is 14.9 Å². The zero-order valence-corrected chi connectivity index (χ0v) is 24.3. The molecule has 7 nitrogen and oxygen atoms in total. The number of nitrogens with zero attached hydrogens (tertiary/aromatic N) is 2. The van der Waals surface area contributed by atoms with Crippen LogP contribution in [0.4, 0.5) is 0 Å². The minimum atomic E-state index is -0.583. The van der Waals surface area contributed by atoms with Crippen molar-refractivity contribution in [2.45, 2.75) is 52.5 Å². The molecular weight excluding hydrogens is 548 g/mol. The summed E-state index contributed by atoms with van der Waals surface area (Å²) < 4.78 is 18.5. The molecular formula is C30H37BrN2O5. The van der Waals surface area contributed by atoms with Crippen LogP contribution in [0.3, 0.4) is 0 Å². The first-order valence-electron chi connectivity index (χ1n) is 13.5. The Hall–Kier alpha value is -2.84. The van der Waals surface area contributed by atoms with Gasteiger partial charge in [0, 0.05) is 17.6 Å². The number of fused-ring (bicyclic) bond motifs is 2. The van der Waals surface area contributed by atoms with Gasteiger partial charge in [0.25, 0.3) is 5.91 Å². The van der Waals surface area contributed by atoms with Crippen molar-refractivity contribution in [1.82, 2.24) is 9.80 Å². The molecule has 0 N–H and O–H groups in total. The van der Waals surface area contributed by atoms with Crippen LogP contribution in [-0.4, -0.2) is 55.6 Å². The zero-order valence-electron chi connectivity index (χ0n) is 22.7. The highest BCUT2D eigenvalue weighted by atomic mass is 79.9. The zero-order chi connectivity index (χ0) is 27.2. The average Bonchev–Trinajstić information content (AvgIpc) is 3.21. The number of rotatable bonds is 13. The summed E-state index contributed by atoms with van der Waals surface area (Å²) in [4.78, 5) is 31.5. The van der Waals surface area contributed by atoms with Gasteiger partial charge in [-0.15, -0.1) is 0 Å². The van der Waals surface area contributed by atoms with Gasteiger partial charge in [-0.3, -0.25) is 9.59 Å². The quantitative estimate of drug-likeness (QED) is 0.216. The molecule has 1 amide bonds. The number of benzene rings is 2. The highest BCUT2D eigenvalue weighted by molar-refractivity contribution is 9.10. The molecule has 0 bridgehead atoms. The predicted octanol–water partition coefficient (Wildman–Crippen LogP) is 6.41. The summed E-state index contributed by atoms with van der Waals surface area (Å²) in [5.41, 5.74) is 1.37. The molecule has 1 aliphatic rings. The number of hydrogen-bond donors (Lipinski definition) is 0. The molecule has 204 valence electrons. The molecule has 1 atom stereocenters. The smallest absolute Gasteiger partial charge is 0.290 e. The highest BCUT2D eigenvalue weighted by Crippen LogP contribution is 2.41. The Morgan fingerprint density at radius 2 is 1.79 bits per heavy atom. The first-order chi connectivity index (χ1) is 18.4. The maximum atomic E-state index is 13.8. The second-order valence-corrected chi connectivity index (χ2v) is 10.5. The number of carbonyl (C=O) groups is 1. The maximum Gasteiger partial charge on any atom is 0.290 e. The lowest BCUT2D eigenvalue weighted by molar-refractivity contribution is 0.0708. The van der Waals surface area contributed by atoms with E-state index in [0.29, 0.717) is 47.7 Å². The van der Waals surface area contributed by atoms with Gasteiger partial charge < -0.3 is 23.7 Å². The summed E-state index contributed by atoms with van der Waals surface area (Å²) in [6, 6.07) is 10.4. The lowest BCUT2D eigenvalue weighted by Gasteiger charge is -2.28. The normalized spacial score (nSPS) is 14.9. The number of likely N-dealkylation sites (N-methyl/N-ethyl adjacent to an activating group) is 1. The third-order valence-electron chi connectivity index (χ3n) is 7.24. The molecule has 4 rings (SSSR count).